The molecule has 25 heavy (non-hydrogen) atoms. The average Bonchev–Trinajstić information content (AvgIpc) is 3.01. The molecule has 0 fully saturated rings. The maximum absolute atomic E-state index is 14.1. The van der Waals surface area contributed by atoms with E-state index in [0.29, 0.717) is 5.56 Å². The van der Waals surface area contributed by atoms with Crippen LogP contribution in [0.4, 0.5) is 15.2 Å². The molecule has 10 heteroatoms. The first-order valence-electron chi connectivity index (χ1n) is 6.92. The number of nitrogens with two attached hydrogens (primary N) is 2. The van der Waals surface area contributed by atoms with Crippen LogP contribution >= 0.6 is 11.3 Å². The molecule has 0 bridgehead atoms. The first-order chi connectivity index (χ1) is 11.8. The SMILES string of the molecule is Cc1cc(F)c(C(=O)N/C(C=N)=C/N)cc1NC(=O)c1cnc(N)s1. The molecule has 2 rings (SSSR count). The topological polar surface area (TPSA) is 147 Å². The van der Waals surface area contributed by atoms with E-state index in [4.69, 9.17) is 16.9 Å². The highest BCUT2D eigenvalue weighted by atomic mass is 32.1. The highest BCUT2D eigenvalue weighted by Crippen LogP contribution is 2.22. The van der Waals surface area contributed by atoms with Crippen molar-refractivity contribution in [2.45, 2.75) is 6.92 Å². The van der Waals surface area contributed by atoms with Gasteiger partial charge in [0.25, 0.3) is 11.8 Å². The van der Waals surface area contributed by atoms with Crippen molar-refractivity contribution in [3.63, 3.8) is 0 Å². The lowest BCUT2D eigenvalue weighted by molar-refractivity contribution is 0.0962. The quantitative estimate of drug-likeness (QED) is 0.513. The summed E-state index contributed by atoms with van der Waals surface area (Å²) in [7, 11) is 0. The van der Waals surface area contributed by atoms with Crippen molar-refractivity contribution in [1.82, 2.24) is 10.3 Å². The van der Waals surface area contributed by atoms with E-state index in [2.05, 4.69) is 15.6 Å². The van der Waals surface area contributed by atoms with Gasteiger partial charge in [-0.3, -0.25) is 9.59 Å². The molecule has 0 spiro atoms. The molecule has 1 aromatic heterocycles. The summed E-state index contributed by atoms with van der Waals surface area (Å²) in [5.41, 5.74) is 11.1. The van der Waals surface area contributed by atoms with Crippen LogP contribution in [-0.2, 0) is 0 Å². The summed E-state index contributed by atoms with van der Waals surface area (Å²) in [6.45, 7) is 1.59. The molecule has 2 amide bonds. The minimum Gasteiger partial charge on any atom is -0.403 e. The van der Waals surface area contributed by atoms with Crippen LogP contribution in [0.15, 0.2) is 30.2 Å². The van der Waals surface area contributed by atoms with Crippen LogP contribution in [0.1, 0.15) is 25.6 Å². The van der Waals surface area contributed by atoms with Crippen LogP contribution < -0.4 is 22.1 Å². The summed E-state index contributed by atoms with van der Waals surface area (Å²) in [5, 5.41) is 12.2. The number of amides is 2. The largest absolute Gasteiger partial charge is 0.403 e. The zero-order valence-corrected chi connectivity index (χ0v) is 13.9. The molecule has 8 nitrogen and oxygen atoms in total. The summed E-state index contributed by atoms with van der Waals surface area (Å²) in [4.78, 5) is 28.4. The molecule has 7 N–H and O–H groups in total. The lowest BCUT2D eigenvalue weighted by Gasteiger charge is -2.11. The molecule has 0 aliphatic carbocycles. The number of anilines is 2. The number of nitrogen functional groups attached to an aromatic ring is 1. The monoisotopic (exact) mass is 362 g/mol. The predicted molar refractivity (Wildman–Crippen MR) is 94.1 cm³/mol. The highest BCUT2D eigenvalue weighted by Gasteiger charge is 2.17. The van der Waals surface area contributed by atoms with E-state index in [1.807, 2.05) is 0 Å². The summed E-state index contributed by atoms with van der Waals surface area (Å²) in [6, 6.07) is 2.34. The number of aromatic nitrogens is 1. The number of thiazole rings is 1. The van der Waals surface area contributed by atoms with Crippen molar-refractivity contribution >= 4 is 40.2 Å². The number of hydrogen-bond donors (Lipinski definition) is 5. The van der Waals surface area contributed by atoms with Gasteiger partial charge in [-0.05, 0) is 24.6 Å². The second-order valence-electron chi connectivity index (χ2n) is 4.88. The first kappa shape index (κ1) is 18.1. The summed E-state index contributed by atoms with van der Waals surface area (Å²) in [6.07, 6.45) is 3.15. The summed E-state index contributed by atoms with van der Waals surface area (Å²) >= 11 is 1.00. The number of rotatable bonds is 5. The number of allylic oxidation sites excluding steroid dienone is 1. The van der Waals surface area contributed by atoms with Crippen LogP contribution in [0.3, 0.4) is 0 Å². The zero-order chi connectivity index (χ0) is 18.6. The minimum absolute atomic E-state index is 0.00990. The van der Waals surface area contributed by atoms with E-state index in [1.54, 1.807) is 6.92 Å². The van der Waals surface area contributed by atoms with Crippen molar-refractivity contribution in [3.8, 4) is 0 Å². The zero-order valence-electron chi connectivity index (χ0n) is 13.1. The Morgan fingerprint density at radius 3 is 2.64 bits per heavy atom. The van der Waals surface area contributed by atoms with Crippen LogP contribution in [0.5, 0.6) is 0 Å². The van der Waals surface area contributed by atoms with Crippen LogP contribution in [-0.4, -0.2) is 23.0 Å². The van der Waals surface area contributed by atoms with E-state index >= 15 is 0 Å². The van der Waals surface area contributed by atoms with E-state index in [-0.39, 0.29) is 27.0 Å². The molecule has 1 heterocycles. The van der Waals surface area contributed by atoms with Gasteiger partial charge in [-0.1, -0.05) is 11.3 Å². The van der Waals surface area contributed by atoms with Gasteiger partial charge >= 0.3 is 0 Å². The van der Waals surface area contributed by atoms with Crippen molar-refractivity contribution in [2.75, 3.05) is 11.1 Å². The molecular formula is C15H15FN6O2S. The molecule has 0 atom stereocenters. The third kappa shape index (κ3) is 4.18. The van der Waals surface area contributed by atoms with Gasteiger partial charge in [-0.25, -0.2) is 9.37 Å². The number of carbonyl (C=O) groups excluding carboxylic acids is 2. The van der Waals surface area contributed by atoms with Crippen molar-refractivity contribution in [3.05, 3.63) is 52.0 Å². The summed E-state index contributed by atoms with van der Waals surface area (Å²) < 4.78 is 14.1. The van der Waals surface area contributed by atoms with Gasteiger partial charge in [0.1, 0.15) is 10.7 Å². The van der Waals surface area contributed by atoms with Gasteiger partial charge in [-0.15, -0.1) is 0 Å². The minimum atomic E-state index is -0.796. The fourth-order valence-electron chi connectivity index (χ4n) is 1.88. The molecule has 0 aliphatic rings. The molecule has 0 saturated carbocycles. The number of nitrogens with zero attached hydrogens (tertiary/aromatic N) is 1. The van der Waals surface area contributed by atoms with Crippen molar-refractivity contribution < 1.29 is 14.0 Å². The number of aryl methyl sites for hydroxylation is 1. The van der Waals surface area contributed by atoms with Crippen LogP contribution in [0, 0.1) is 18.2 Å². The lowest BCUT2D eigenvalue weighted by atomic mass is 10.1. The number of nitrogens with one attached hydrogen (secondary N) is 3. The van der Waals surface area contributed by atoms with E-state index in [1.165, 1.54) is 12.3 Å². The molecule has 0 unspecified atom stereocenters. The number of hydrogen-bond acceptors (Lipinski definition) is 7. The van der Waals surface area contributed by atoms with Crippen molar-refractivity contribution in [1.29, 1.82) is 5.41 Å². The van der Waals surface area contributed by atoms with Gasteiger partial charge in [0.2, 0.25) is 0 Å². The van der Waals surface area contributed by atoms with E-state index in [0.717, 1.165) is 29.8 Å². The smallest absolute Gasteiger partial charge is 0.267 e. The van der Waals surface area contributed by atoms with Crippen LogP contribution in [0.2, 0.25) is 0 Å². The van der Waals surface area contributed by atoms with Gasteiger partial charge in [0.15, 0.2) is 5.13 Å². The summed E-state index contributed by atoms with van der Waals surface area (Å²) in [5.74, 6) is -2.04. The fourth-order valence-corrected chi connectivity index (χ4v) is 2.46. The Labute approximate surface area is 146 Å². The second kappa shape index (κ2) is 7.53. The number of benzene rings is 1. The van der Waals surface area contributed by atoms with Gasteiger partial charge < -0.3 is 27.5 Å². The molecule has 1 aromatic carbocycles. The third-order valence-electron chi connectivity index (χ3n) is 3.15. The Bertz CT molecular complexity index is 877. The lowest BCUT2D eigenvalue weighted by Crippen LogP contribution is -2.25. The van der Waals surface area contributed by atoms with E-state index in [9.17, 15) is 14.0 Å². The highest BCUT2D eigenvalue weighted by molar-refractivity contribution is 7.17. The molecule has 0 aliphatic heterocycles. The Balaban J connectivity index is 2.29. The van der Waals surface area contributed by atoms with Gasteiger partial charge in [-0.2, -0.15) is 0 Å². The standard InChI is InChI=1S/C15H15FN6O2S/c1-7-2-10(16)9(13(23)21-8(4-17)5-18)3-11(7)22-14(24)12-6-20-15(19)25-12/h2-6,17H,18H2,1H3,(H2,19,20)(H,21,23)(H,22,24)/b8-5+,17-4?. The maximum atomic E-state index is 14.1. The second-order valence-corrected chi connectivity index (χ2v) is 5.95. The molecule has 130 valence electrons. The molecule has 0 saturated heterocycles. The van der Waals surface area contributed by atoms with Crippen molar-refractivity contribution in [2.24, 2.45) is 5.73 Å². The Morgan fingerprint density at radius 1 is 1.36 bits per heavy atom. The maximum Gasteiger partial charge on any atom is 0.267 e. The molecule has 2 aromatic rings. The number of halogens is 1. The molecule has 0 radical (unpaired) electrons. The average molecular weight is 362 g/mol. The third-order valence-corrected chi connectivity index (χ3v) is 3.97. The Hall–Kier alpha value is -3.27. The fraction of sp³-hybridized carbons (Fsp3) is 0.0667. The number of carbonyl (C=O) groups is 2. The Morgan fingerprint density at radius 2 is 2.08 bits per heavy atom. The van der Waals surface area contributed by atoms with Gasteiger partial charge in [0.05, 0.1) is 17.5 Å². The van der Waals surface area contributed by atoms with Gasteiger partial charge in [0, 0.05) is 18.1 Å². The normalized spacial score (nSPS) is 11.0. The first-order valence-corrected chi connectivity index (χ1v) is 7.74. The molecular weight excluding hydrogens is 347 g/mol. The Kier molecular flexibility index (Phi) is 5.45. The predicted octanol–water partition coefficient (Wildman–Crippen LogP) is 1.60. The van der Waals surface area contributed by atoms with E-state index < -0.39 is 17.6 Å². The van der Waals surface area contributed by atoms with Crippen LogP contribution in [0.25, 0.3) is 0 Å².